The quantitative estimate of drug-likeness (QED) is 0.411. The Kier molecular flexibility index (Phi) is 4.41. The van der Waals surface area contributed by atoms with E-state index in [1.807, 2.05) is 25.1 Å². The van der Waals surface area contributed by atoms with E-state index < -0.39 is 28.2 Å². The minimum atomic E-state index is -1.26. The maximum absolute atomic E-state index is 14.1. The van der Waals surface area contributed by atoms with E-state index in [4.69, 9.17) is 4.74 Å². The summed E-state index contributed by atoms with van der Waals surface area (Å²) >= 11 is 0. The van der Waals surface area contributed by atoms with Gasteiger partial charge in [0.2, 0.25) is 17.7 Å². The fourth-order valence-corrected chi connectivity index (χ4v) is 6.82. The molecule has 4 aliphatic rings. The highest BCUT2D eigenvalue weighted by molar-refractivity contribution is 6.26. The van der Waals surface area contributed by atoms with Gasteiger partial charge in [-0.3, -0.25) is 29.4 Å². The Labute approximate surface area is 201 Å². The smallest absolute Gasteiger partial charge is 0.311 e. The van der Waals surface area contributed by atoms with Gasteiger partial charge in [0.15, 0.2) is 5.75 Å². The van der Waals surface area contributed by atoms with Crippen molar-refractivity contribution < 1.29 is 24.0 Å². The Morgan fingerprint density at radius 3 is 2.63 bits per heavy atom. The van der Waals surface area contributed by atoms with Crippen molar-refractivity contribution in [3.8, 4) is 5.75 Å². The van der Waals surface area contributed by atoms with Crippen molar-refractivity contribution >= 4 is 34.8 Å². The number of ether oxygens (including phenoxy) is 1. The Balaban J connectivity index is 1.54. The van der Waals surface area contributed by atoms with Crippen LogP contribution in [0.3, 0.4) is 0 Å². The number of nitrogens with one attached hydrogen (secondary N) is 1. The van der Waals surface area contributed by atoms with Crippen LogP contribution in [-0.4, -0.2) is 47.2 Å². The molecule has 3 amide bonds. The number of benzene rings is 2. The molecule has 1 spiro atoms. The van der Waals surface area contributed by atoms with Crippen LogP contribution in [0, 0.1) is 35.8 Å². The molecule has 0 aromatic heterocycles. The lowest BCUT2D eigenvalue weighted by Gasteiger charge is -2.36. The number of imide groups is 1. The van der Waals surface area contributed by atoms with Gasteiger partial charge in [-0.2, -0.15) is 0 Å². The first-order valence-electron chi connectivity index (χ1n) is 11.6. The van der Waals surface area contributed by atoms with Crippen molar-refractivity contribution in [1.29, 1.82) is 0 Å². The first-order chi connectivity index (χ1) is 16.7. The third-order valence-electron chi connectivity index (χ3n) is 8.17. The number of nitro groups is 1. The highest BCUT2D eigenvalue weighted by atomic mass is 16.6. The lowest BCUT2D eigenvalue weighted by Crippen LogP contribution is -2.54. The van der Waals surface area contributed by atoms with Crippen LogP contribution in [0.4, 0.5) is 17.1 Å². The molecule has 10 nitrogen and oxygen atoms in total. The molecule has 6 rings (SSSR count). The van der Waals surface area contributed by atoms with E-state index in [2.05, 4.69) is 10.2 Å². The van der Waals surface area contributed by atoms with E-state index in [0.717, 1.165) is 22.4 Å². The fraction of sp³-hybridized carbons (Fsp3) is 0.400. The van der Waals surface area contributed by atoms with Crippen LogP contribution in [0.25, 0.3) is 0 Å². The van der Waals surface area contributed by atoms with Crippen LogP contribution in [0.2, 0.25) is 0 Å². The molecule has 3 fully saturated rings. The van der Waals surface area contributed by atoms with Crippen molar-refractivity contribution in [2.45, 2.75) is 38.3 Å². The molecule has 2 aromatic carbocycles. The number of hydrogen-bond donors (Lipinski definition) is 1. The summed E-state index contributed by atoms with van der Waals surface area (Å²) in [5.74, 6) is -2.71. The van der Waals surface area contributed by atoms with E-state index in [1.165, 1.54) is 19.2 Å². The molecule has 0 bridgehead atoms. The summed E-state index contributed by atoms with van der Waals surface area (Å²) in [7, 11) is 1.30. The van der Waals surface area contributed by atoms with Crippen molar-refractivity contribution in [1.82, 2.24) is 4.90 Å². The summed E-state index contributed by atoms with van der Waals surface area (Å²) in [5.41, 5.74) is 1.50. The maximum Gasteiger partial charge on any atom is 0.311 e. The Bertz CT molecular complexity index is 1360. The van der Waals surface area contributed by atoms with E-state index >= 15 is 0 Å². The molecule has 2 aromatic rings. The number of carbonyl (C=O) groups excluding carboxylic acids is 3. The predicted octanol–water partition coefficient (Wildman–Crippen LogP) is 2.65. The van der Waals surface area contributed by atoms with Gasteiger partial charge in [0.1, 0.15) is 5.54 Å². The lowest BCUT2D eigenvalue weighted by atomic mass is 9.75. The minimum absolute atomic E-state index is 0.0370. The van der Waals surface area contributed by atoms with Crippen LogP contribution < -0.4 is 15.0 Å². The average molecular weight is 476 g/mol. The van der Waals surface area contributed by atoms with Crippen LogP contribution in [0.5, 0.6) is 5.75 Å². The molecule has 180 valence electrons. The number of nitro benzene ring substituents is 1. The zero-order valence-corrected chi connectivity index (χ0v) is 19.5. The molecular weight excluding hydrogens is 452 g/mol. The number of nitrogens with zero attached hydrogens (tertiary/aromatic N) is 3. The number of anilines is 2. The molecule has 3 saturated heterocycles. The van der Waals surface area contributed by atoms with Crippen LogP contribution in [-0.2, 0) is 19.9 Å². The van der Waals surface area contributed by atoms with E-state index in [9.17, 15) is 24.5 Å². The number of hydrogen-bond acceptors (Lipinski definition) is 7. The van der Waals surface area contributed by atoms with Gasteiger partial charge in [0.25, 0.3) is 0 Å². The average Bonchev–Trinajstić information content (AvgIpc) is 3.53. The fourth-order valence-electron chi connectivity index (χ4n) is 6.82. The molecule has 35 heavy (non-hydrogen) atoms. The molecule has 4 aliphatic heterocycles. The minimum Gasteiger partial charge on any atom is -0.490 e. The second-order valence-electron chi connectivity index (χ2n) is 9.70. The van der Waals surface area contributed by atoms with Crippen LogP contribution >= 0.6 is 0 Å². The summed E-state index contributed by atoms with van der Waals surface area (Å²) in [4.78, 5) is 55.9. The Hall–Kier alpha value is -3.79. The van der Waals surface area contributed by atoms with Crippen LogP contribution in [0.1, 0.15) is 29.5 Å². The van der Waals surface area contributed by atoms with Crippen molar-refractivity contribution in [3.05, 3.63) is 57.1 Å². The number of methoxy groups -OCH3 is 1. The van der Waals surface area contributed by atoms with Gasteiger partial charge in [-0.15, -0.1) is 0 Å². The molecule has 0 radical (unpaired) electrons. The molecule has 4 heterocycles. The summed E-state index contributed by atoms with van der Waals surface area (Å²) in [5, 5.41) is 14.5. The normalized spacial score (nSPS) is 28.9. The number of fused-ring (bicyclic) bond motifs is 7. The third kappa shape index (κ3) is 2.49. The van der Waals surface area contributed by atoms with Gasteiger partial charge in [0, 0.05) is 29.4 Å². The lowest BCUT2D eigenvalue weighted by molar-refractivity contribution is -0.385. The number of rotatable bonds is 3. The zero-order valence-electron chi connectivity index (χ0n) is 19.5. The summed E-state index contributed by atoms with van der Waals surface area (Å²) < 4.78 is 5.20. The van der Waals surface area contributed by atoms with Crippen molar-refractivity contribution in [2.24, 2.45) is 11.8 Å². The Morgan fingerprint density at radius 2 is 1.91 bits per heavy atom. The molecule has 0 aliphatic carbocycles. The predicted molar refractivity (Wildman–Crippen MR) is 125 cm³/mol. The second-order valence-corrected chi connectivity index (χ2v) is 9.70. The standard InChI is InChI=1S/C25H24N4O6/c1-12-6-4-7-14-21(12)26-24(32)25(14)20-19(15-8-5-9-27(15)25)22(30)28(23(20)31)16-11-18(35-3)17(29(33)34)10-13(16)2/h4,6-7,10-11,15,19-20H,5,8-9H2,1-3H3,(H,26,32)/t15-,19-,20-,25+/m1/s1. The molecular formula is C25H24N4O6. The van der Waals surface area contributed by atoms with Gasteiger partial charge < -0.3 is 10.1 Å². The van der Waals surface area contributed by atoms with Gasteiger partial charge >= 0.3 is 5.69 Å². The third-order valence-corrected chi connectivity index (χ3v) is 8.17. The summed E-state index contributed by atoms with van der Waals surface area (Å²) in [6, 6.07) is 8.10. The highest BCUT2D eigenvalue weighted by Gasteiger charge is 2.74. The summed E-state index contributed by atoms with van der Waals surface area (Å²) in [6.07, 6.45) is 1.54. The van der Waals surface area contributed by atoms with Gasteiger partial charge in [-0.05, 0) is 44.4 Å². The van der Waals surface area contributed by atoms with Gasteiger partial charge in [0.05, 0.1) is 29.6 Å². The number of aryl methyl sites for hydroxylation is 2. The highest BCUT2D eigenvalue weighted by Crippen LogP contribution is 2.61. The first-order valence-corrected chi connectivity index (χ1v) is 11.6. The number of carbonyl (C=O) groups is 3. The zero-order chi connectivity index (χ0) is 24.8. The summed E-state index contributed by atoms with van der Waals surface area (Å²) in [6.45, 7) is 4.16. The molecule has 10 heteroatoms. The van der Waals surface area contributed by atoms with Gasteiger partial charge in [-0.25, -0.2) is 4.90 Å². The molecule has 1 N–H and O–H groups in total. The topological polar surface area (TPSA) is 122 Å². The number of amides is 3. The van der Waals surface area contributed by atoms with E-state index in [1.54, 1.807) is 6.92 Å². The van der Waals surface area contributed by atoms with Crippen molar-refractivity contribution in [3.63, 3.8) is 0 Å². The van der Waals surface area contributed by atoms with Crippen LogP contribution in [0.15, 0.2) is 30.3 Å². The molecule has 0 unspecified atom stereocenters. The number of para-hydroxylation sites is 1. The largest absolute Gasteiger partial charge is 0.490 e. The molecule has 0 saturated carbocycles. The monoisotopic (exact) mass is 476 g/mol. The second kappa shape index (κ2) is 7.11. The SMILES string of the molecule is COc1cc(N2C(=O)[C@@H]3[C@H]4CCCN4[C@]4(C(=O)Nc5c(C)cccc54)[C@H]3C2=O)c(C)cc1[N+](=O)[O-]. The van der Waals surface area contributed by atoms with Crippen molar-refractivity contribution in [2.75, 3.05) is 23.9 Å². The van der Waals surface area contributed by atoms with E-state index in [0.29, 0.717) is 24.2 Å². The first kappa shape index (κ1) is 21.7. The Morgan fingerprint density at radius 1 is 1.14 bits per heavy atom. The molecule has 4 atom stereocenters. The van der Waals surface area contributed by atoms with E-state index in [-0.39, 0.29) is 35.0 Å². The van der Waals surface area contributed by atoms with Gasteiger partial charge in [-0.1, -0.05) is 18.2 Å². The maximum atomic E-state index is 14.1.